The number of carbonyl (C=O) groups is 1. The number of amides is 1. The van der Waals surface area contributed by atoms with Crippen LogP contribution in [0.3, 0.4) is 0 Å². The van der Waals surface area contributed by atoms with E-state index in [-0.39, 0.29) is 11.2 Å². The van der Waals surface area contributed by atoms with Crippen molar-refractivity contribution in [3.05, 3.63) is 30.6 Å². The second kappa shape index (κ2) is 7.12. The van der Waals surface area contributed by atoms with E-state index in [1.165, 1.54) is 11.8 Å². The summed E-state index contributed by atoms with van der Waals surface area (Å²) in [5.74, 6) is 0.712. The monoisotopic (exact) mass is 306 g/mol. The number of aromatic nitrogens is 3. The zero-order valence-corrected chi connectivity index (χ0v) is 13.1. The molecule has 112 valence electrons. The average molecular weight is 306 g/mol. The Morgan fingerprint density at radius 3 is 2.71 bits per heavy atom. The van der Waals surface area contributed by atoms with E-state index >= 15 is 0 Å². The second-order valence-electron chi connectivity index (χ2n) is 4.43. The first-order valence-electron chi connectivity index (χ1n) is 6.64. The molecule has 0 fully saturated rings. The summed E-state index contributed by atoms with van der Waals surface area (Å²) in [4.78, 5) is 12.1. The fraction of sp³-hybridized carbons (Fsp3) is 0.357. The van der Waals surface area contributed by atoms with Gasteiger partial charge in [-0.1, -0.05) is 11.8 Å². The SMILES string of the molecule is CCOc1ccc(NC(=O)C(C)Sc2nncn2C)cc1. The van der Waals surface area contributed by atoms with Gasteiger partial charge in [-0.25, -0.2) is 0 Å². The van der Waals surface area contributed by atoms with Gasteiger partial charge in [0.1, 0.15) is 12.1 Å². The largest absolute Gasteiger partial charge is 0.494 e. The highest BCUT2D eigenvalue weighted by Crippen LogP contribution is 2.22. The number of thioether (sulfide) groups is 1. The Morgan fingerprint density at radius 1 is 1.43 bits per heavy atom. The Labute approximate surface area is 127 Å². The number of benzene rings is 1. The fourth-order valence-electron chi connectivity index (χ4n) is 1.64. The molecule has 0 saturated carbocycles. The molecule has 2 aromatic rings. The van der Waals surface area contributed by atoms with E-state index in [1.54, 1.807) is 10.9 Å². The van der Waals surface area contributed by atoms with Crippen LogP contribution in [-0.2, 0) is 11.8 Å². The van der Waals surface area contributed by atoms with Crippen LogP contribution in [0.1, 0.15) is 13.8 Å². The molecule has 0 bridgehead atoms. The zero-order chi connectivity index (χ0) is 15.2. The first-order chi connectivity index (χ1) is 10.1. The standard InChI is InChI=1S/C14H18N4O2S/c1-4-20-12-7-5-11(6-8-12)16-13(19)10(2)21-14-17-15-9-18(14)3/h5-10H,4H2,1-3H3,(H,16,19). The van der Waals surface area contributed by atoms with Crippen molar-refractivity contribution in [1.82, 2.24) is 14.8 Å². The van der Waals surface area contributed by atoms with Gasteiger partial charge in [0.05, 0.1) is 11.9 Å². The summed E-state index contributed by atoms with van der Waals surface area (Å²) in [6.07, 6.45) is 1.61. The molecule has 0 saturated heterocycles. The predicted molar refractivity (Wildman–Crippen MR) is 82.6 cm³/mol. The summed E-state index contributed by atoms with van der Waals surface area (Å²) in [5, 5.41) is 11.1. The highest BCUT2D eigenvalue weighted by molar-refractivity contribution is 8.00. The molecule has 0 aliphatic heterocycles. The van der Waals surface area contributed by atoms with Gasteiger partial charge >= 0.3 is 0 Å². The van der Waals surface area contributed by atoms with Gasteiger partial charge in [-0.15, -0.1) is 10.2 Å². The lowest BCUT2D eigenvalue weighted by Crippen LogP contribution is -2.22. The lowest BCUT2D eigenvalue weighted by atomic mass is 10.3. The third-order valence-electron chi connectivity index (χ3n) is 2.75. The van der Waals surface area contributed by atoms with Crippen LogP contribution in [0, 0.1) is 0 Å². The number of hydrogen-bond acceptors (Lipinski definition) is 5. The molecule has 1 atom stereocenters. The van der Waals surface area contributed by atoms with Crippen molar-refractivity contribution in [2.24, 2.45) is 7.05 Å². The molecule has 1 aromatic heterocycles. The molecular weight excluding hydrogens is 288 g/mol. The molecule has 1 aromatic carbocycles. The van der Waals surface area contributed by atoms with E-state index in [0.717, 1.165) is 11.4 Å². The topological polar surface area (TPSA) is 69.0 Å². The molecule has 21 heavy (non-hydrogen) atoms. The van der Waals surface area contributed by atoms with Crippen LogP contribution in [0.15, 0.2) is 35.7 Å². The maximum Gasteiger partial charge on any atom is 0.237 e. The highest BCUT2D eigenvalue weighted by atomic mass is 32.2. The van der Waals surface area contributed by atoms with Gasteiger partial charge in [0.15, 0.2) is 5.16 Å². The van der Waals surface area contributed by atoms with E-state index in [1.807, 2.05) is 45.2 Å². The Hall–Kier alpha value is -2.02. The van der Waals surface area contributed by atoms with Crippen LogP contribution in [0.5, 0.6) is 5.75 Å². The zero-order valence-electron chi connectivity index (χ0n) is 12.2. The normalized spacial score (nSPS) is 12.0. The second-order valence-corrected chi connectivity index (χ2v) is 5.74. The van der Waals surface area contributed by atoms with Crippen LogP contribution in [-0.4, -0.2) is 32.5 Å². The lowest BCUT2D eigenvalue weighted by Gasteiger charge is -2.11. The van der Waals surface area contributed by atoms with Crippen molar-refractivity contribution in [2.45, 2.75) is 24.3 Å². The maximum atomic E-state index is 12.1. The molecule has 7 heteroatoms. The Morgan fingerprint density at radius 2 is 2.14 bits per heavy atom. The number of rotatable bonds is 6. The summed E-state index contributed by atoms with van der Waals surface area (Å²) in [6, 6.07) is 7.31. The van der Waals surface area contributed by atoms with Crippen LogP contribution in [0.2, 0.25) is 0 Å². The number of nitrogens with one attached hydrogen (secondary N) is 1. The number of anilines is 1. The van der Waals surface area contributed by atoms with Crippen molar-refractivity contribution in [3.8, 4) is 5.75 Å². The van der Waals surface area contributed by atoms with Gasteiger partial charge in [0.2, 0.25) is 5.91 Å². The summed E-state index contributed by atoms with van der Waals surface area (Å²) < 4.78 is 7.14. The summed E-state index contributed by atoms with van der Waals surface area (Å²) >= 11 is 1.37. The van der Waals surface area contributed by atoms with Crippen molar-refractivity contribution >= 4 is 23.4 Å². The van der Waals surface area contributed by atoms with Gasteiger partial charge in [-0.2, -0.15) is 0 Å². The van der Waals surface area contributed by atoms with Crippen LogP contribution < -0.4 is 10.1 Å². The third kappa shape index (κ3) is 4.22. The molecule has 2 rings (SSSR count). The molecule has 1 heterocycles. The van der Waals surface area contributed by atoms with E-state index in [2.05, 4.69) is 15.5 Å². The molecule has 0 spiro atoms. The van der Waals surface area contributed by atoms with Gasteiger partial charge < -0.3 is 14.6 Å². The van der Waals surface area contributed by atoms with Gasteiger partial charge in [0, 0.05) is 12.7 Å². The molecule has 0 aliphatic carbocycles. The van der Waals surface area contributed by atoms with E-state index < -0.39 is 0 Å². The number of hydrogen-bond donors (Lipinski definition) is 1. The molecule has 1 amide bonds. The van der Waals surface area contributed by atoms with Gasteiger partial charge in [0.25, 0.3) is 0 Å². The van der Waals surface area contributed by atoms with Crippen LogP contribution in [0.25, 0.3) is 0 Å². The first-order valence-corrected chi connectivity index (χ1v) is 7.52. The Bertz CT molecular complexity index is 597. The smallest absolute Gasteiger partial charge is 0.237 e. The molecule has 1 unspecified atom stereocenters. The van der Waals surface area contributed by atoms with Gasteiger partial charge in [-0.05, 0) is 38.1 Å². The fourth-order valence-corrected chi connectivity index (χ4v) is 2.43. The van der Waals surface area contributed by atoms with Crippen molar-refractivity contribution in [1.29, 1.82) is 0 Å². The quantitative estimate of drug-likeness (QED) is 0.830. The van der Waals surface area contributed by atoms with E-state index in [9.17, 15) is 4.79 Å². The third-order valence-corrected chi connectivity index (χ3v) is 3.90. The van der Waals surface area contributed by atoms with E-state index in [4.69, 9.17) is 4.74 Å². The summed E-state index contributed by atoms with van der Waals surface area (Å²) in [6.45, 7) is 4.39. The molecular formula is C14H18N4O2S. The van der Waals surface area contributed by atoms with Crippen molar-refractivity contribution in [2.75, 3.05) is 11.9 Å². The average Bonchev–Trinajstić information content (AvgIpc) is 2.86. The minimum atomic E-state index is -0.264. The highest BCUT2D eigenvalue weighted by Gasteiger charge is 2.17. The molecule has 0 radical (unpaired) electrons. The lowest BCUT2D eigenvalue weighted by molar-refractivity contribution is -0.115. The summed E-state index contributed by atoms with van der Waals surface area (Å²) in [7, 11) is 1.85. The van der Waals surface area contributed by atoms with Crippen LogP contribution in [0.4, 0.5) is 5.69 Å². The number of carbonyl (C=O) groups excluding carboxylic acids is 1. The summed E-state index contributed by atoms with van der Waals surface area (Å²) in [5.41, 5.74) is 0.744. The number of ether oxygens (including phenoxy) is 1. The molecule has 6 nitrogen and oxygen atoms in total. The van der Waals surface area contributed by atoms with Crippen molar-refractivity contribution in [3.63, 3.8) is 0 Å². The first kappa shape index (κ1) is 15.4. The van der Waals surface area contributed by atoms with Gasteiger partial charge in [-0.3, -0.25) is 4.79 Å². The maximum absolute atomic E-state index is 12.1. The van der Waals surface area contributed by atoms with Crippen LogP contribution >= 0.6 is 11.8 Å². The Balaban J connectivity index is 1.92. The Kier molecular flexibility index (Phi) is 5.21. The predicted octanol–water partition coefficient (Wildman–Crippen LogP) is 2.33. The molecule has 0 aliphatic rings. The van der Waals surface area contributed by atoms with Crippen molar-refractivity contribution < 1.29 is 9.53 Å². The molecule has 1 N–H and O–H groups in total. The minimum Gasteiger partial charge on any atom is -0.494 e. The van der Waals surface area contributed by atoms with E-state index in [0.29, 0.717) is 11.8 Å². The minimum absolute atomic E-state index is 0.0767. The number of nitrogens with zero attached hydrogens (tertiary/aromatic N) is 3. The number of aryl methyl sites for hydroxylation is 1.